The summed E-state index contributed by atoms with van der Waals surface area (Å²) >= 11 is 0. The van der Waals surface area contributed by atoms with Gasteiger partial charge in [0.15, 0.2) is 23.0 Å². The summed E-state index contributed by atoms with van der Waals surface area (Å²) in [5, 5.41) is 11.0. The minimum Gasteiger partial charge on any atom is -0.493 e. The van der Waals surface area contributed by atoms with E-state index >= 15 is 0 Å². The van der Waals surface area contributed by atoms with Crippen LogP contribution in [0, 0.1) is 0 Å². The number of allylic oxidation sites excluding steroid dienone is 1. The number of hydrogen-bond acceptors (Lipinski definition) is 7. The second kappa shape index (κ2) is 10.6. The molecule has 0 saturated carbocycles. The van der Waals surface area contributed by atoms with Crippen LogP contribution in [0.4, 0.5) is 0 Å². The average Bonchev–Trinajstić information content (AvgIpc) is 2.77. The highest BCUT2D eigenvalue weighted by Crippen LogP contribution is 2.43. The zero-order valence-corrected chi connectivity index (χ0v) is 18.5. The third-order valence-corrected chi connectivity index (χ3v) is 4.62. The number of methoxy groups -OCH3 is 5. The molecule has 2 rings (SSSR count). The highest BCUT2D eigenvalue weighted by Gasteiger charge is 2.25. The first-order valence-electron chi connectivity index (χ1n) is 9.47. The molecule has 2 aromatic rings. The molecule has 164 valence electrons. The van der Waals surface area contributed by atoms with Crippen LogP contribution < -0.4 is 28.4 Å². The molecule has 0 aliphatic carbocycles. The molecular formula is C23H30O7. The van der Waals surface area contributed by atoms with Crippen LogP contribution in [0.5, 0.6) is 34.5 Å². The highest BCUT2D eigenvalue weighted by atomic mass is 16.6. The van der Waals surface area contributed by atoms with Crippen LogP contribution in [0.1, 0.15) is 31.1 Å². The second-order valence-corrected chi connectivity index (χ2v) is 6.48. The molecule has 0 spiro atoms. The van der Waals surface area contributed by atoms with Crippen molar-refractivity contribution in [3.63, 3.8) is 0 Å². The third kappa shape index (κ3) is 4.91. The Morgan fingerprint density at radius 2 is 1.20 bits per heavy atom. The van der Waals surface area contributed by atoms with Gasteiger partial charge in [0.2, 0.25) is 11.5 Å². The number of aliphatic hydroxyl groups excluding tert-OH is 1. The molecule has 0 amide bonds. The first-order chi connectivity index (χ1) is 14.4. The lowest BCUT2D eigenvalue weighted by Crippen LogP contribution is -2.22. The first-order valence-corrected chi connectivity index (χ1v) is 9.47. The normalized spacial score (nSPS) is 12.9. The Bertz CT molecular complexity index is 826. The summed E-state index contributed by atoms with van der Waals surface area (Å²) in [5.74, 6) is 2.77. The van der Waals surface area contributed by atoms with E-state index in [1.807, 2.05) is 31.2 Å². The minimum absolute atomic E-state index is 0.409. The van der Waals surface area contributed by atoms with Gasteiger partial charge >= 0.3 is 0 Å². The van der Waals surface area contributed by atoms with Crippen molar-refractivity contribution in [2.24, 2.45) is 0 Å². The van der Waals surface area contributed by atoms with E-state index in [1.165, 1.54) is 21.3 Å². The minimum atomic E-state index is -0.983. The zero-order valence-electron chi connectivity index (χ0n) is 18.5. The lowest BCUT2D eigenvalue weighted by Gasteiger charge is -2.24. The second-order valence-electron chi connectivity index (χ2n) is 6.48. The molecular weight excluding hydrogens is 388 g/mol. The van der Waals surface area contributed by atoms with E-state index in [0.717, 1.165) is 5.56 Å². The van der Waals surface area contributed by atoms with E-state index in [0.29, 0.717) is 40.1 Å². The topological polar surface area (TPSA) is 75.6 Å². The Morgan fingerprint density at radius 1 is 0.733 bits per heavy atom. The Hall–Kier alpha value is -3.06. The number of benzene rings is 2. The van der Waals surface area contributed by atoms with E-state index in [2.05, 4.69) is 0 Å². The van der Waals surface area contributed by atoms with Gasteiger partial charge in [-0.15, -0.1) is 0 Å². The van der Waals surface area contributed by atoms with Gasteiger partial charge in [0.25, 0.3) is 0 Å². The summed E-state index contributed by atoms with van der Waals surface area (Å²) in [6.45, 7) is 3.69. The van der Waals surface area contributed by atoms with Crippen molar-refractivity contribution in [2.45, 2.75) is 26.1 Å². The lowest BCUT2D eigenvalue weighted by molar-refractivity contribution is 0.0431. The molecule has 2 atom stereocenters. The molecule has 2 aromatic carbocycles. The Labute approximate surface area is 177 Å². The molecule has 0 heterocycles. The number of hydrogen-bond donors (Lipinski definition) is 1. The Balaban J connectivity index is 2.39. The number of rotatable bonds is 10. The van der Waals surface area contributed by atoms with Crippen molar-refractivity contribution in [3.8, 4) is 34.5 Å². The predicted octanol–water partition coefficient (Wildman–Crippen LogP) is 4.26. The summed E-state index contributed by atoms with van der Waals surface area (Å²) in [7, 11) is 7.69. The molecule has 0 aliphatic rings. The summed E-state index contributed by atoms with van der Waals surface area (Å²) in [5.41, 5.74) is 1.47. The van der Waals surface area contributed by atoms with Crippen molar-refractivity contribution in [1.82, 2.24) is 0 Å². The third-order valence-electron chi connectivity index (χ3n) is 4.62. The molecule has 0 fully saturated rings. The van der Waals surface area contributed by atoms with Gasteiger partial charge in [-0.25, -0.2) is 0 Å². The van der Waals surface area contributed by atoms with Gasteiger partial charge < -0.3 is 33.5 Å². The summed E-state index contributed by atoms with van der Waals surface area (Å²) in [4.78, 5) is 0. The SMILES string of the molecule is C/C=C\c1cc(OC)c(O[C@@H](C)[C@@H](O)c2cc(OC)c(OC)c(OC)c2)c(OC)c1. The predicted molar refractivity (Wildman–Crippen MR) is 115 cm³/mol. The molecule has 0 aliphatic heterocycles. The van der Waals surface area contributed by atoms with Gasteiger partial charge in [-0.2, -0.15) is 0 Å². The Kier molecular flexibility index (Phi) is 8.24. The molecule has 0 radical (unpaired) electrons. The van der Waals surface area contributed by atoms with E-state index in [9.17, 15) is 5.11 Å². The monoisotopic (exact) mass is 418 g/mol. The van der Waals surface area contributed by atoms with Crippen LogP contribution in [0.25, 0.3) is 6.08 Å². The molecule has 7 nitrogen and oxygen atoms in total. The van der Waals surface area contributed by atoms with Crippen LogP contribution in [-0.2, 0) is 0 Å². The van der Waals surface area contributed by atoms with Gasteiger partial charge in [-0.1, -0.05) is 12.2 Å². The van der Waals surface area contributed by atoms with Gasteiger partial charge in [-0.05, 0) is 49.2 Å². The van der Waals surface area contributed by atoms with Crippen molar-refractivity contribution in [1.29, 1.82) is 0 Å². The lowest BCUT2D eigenvalue weighted by atomic mass is 10.0. The molecule has 0 bridgehead atoms. The van der Waals surface area contributed by atoms with Crippen LogP contribution >= 0.6 is 0 Å². The maximum absolute atomic E-state index is 11.0. The standard InChI is InChI=1S/C23H30O7/c1-8-9-15-10-17(25-3)23(18(11-15)26-4)30-14(2)21(24)16-12-19(27-5)22(29-7)20(13-16)28-6/h8-14,21,24H,1-7H3/b9-8-/t14-,21+/m0/s1. The van der Waals surface area contributed by atoms with Gasteiger partial charge in [0, 0.05) is 0 Å². The zero-order chi connectivity index (χ0) is 22.3. The fourth-order valence-corrected chi connectivity index (χ4v) is 3.10. The van der Waals surface area contributed by atoms with Crippen molar-refractivity contribution >= 4 is 6.08 Å². The van der Waals surface area contributed by atoms with E-state index in [4.69, 9.17) is 28.4 Å². The highest BCUT2D eigenvalue weighted by molar-refractivity contribution is 5.62. The fourth-order valence-electron chi connectivity index (χ4n) is 3.10. The van der Waals surface area contributed by atoms with Gasteiger partial charge in [0.1, 0.15) is 12.2 Å². The summed E-state index contributed by atoms with van der Waals surface area (Å²) < 4.78 is 33.1. The number of aliphatic hydroxyl groups is 1. The molecule has 7 heteroatoms. The fraction of sp³-hybridized carbons (Fsp3) is 0.391. The van der Waals surface area contributed by atoms with Crippen molar-refractivity contribution in [2.75, 3.05) is 35.5 Å². The van der Waals surface area contributed by atoms with E-state index < -0.39 is 12.2 Å². The molecule has 1 N–H and O–H groups in total. The quantitative estimate of drug-likeness (QED) is 0.618. The van der Waals surface area contributed by atoms with Crippen molar-refractivity contribution in [3.05, 3.63) is 41.5 Å². The van der Waals surface area contributed by atoms with Crippen LogP contribution in [-0.4, -0.2) is 46.8 Å². The van der Waals surface area contributed by atoms with Crippen LogP contribution in [0.3, 0.4) is 0 Å². The number of ether oxygens (including phenoxy) is 6. The molecule has 30 heavy (non-hydrogen) atoms. The van der Waals surface area contributed by atoms with E-state index in [-0.39, 0.29) is 0 Å². The summed E-state index contributed by atoms with van der Waals surface area (Å²) in [6.07, 6.45) is 2.24. The van der Waals surface area contributed by atoms with Crippen molar-refractivity contribution < 1.29 is 33.5 Å². The Morgan fingerprint density at radius 3 is 1.60 bits per heavy atom. The average molecular weight is 418 g/mol. The van der Waals surface area contributed by atoms with Gasteiger partial charge in [0.05, 0.1) is 35.5 Å². The smallest absolute Gasteiger partial charge is 0.203 e. The molecule has 0 unspecified atom stereocenters. The molecule has 0 aromatic heterocycles. The first kappa shape index (κ1) is 23.2. The van der Waals surface area contributed by atoms with Gasteiger partial charge in [-0.3, -0.25) is 0 Å². The van der Waals surface area contributed by atoms with E-state index in [1.54, 1.807) is 33.3 Å². The van der Waals surface area contributed by atoms with Crippen LogP contribution in [0.15, 0.2) is 30.3 Å². The molecule has 0 saturated heterocycles. The largest absolute Gasteiger partial charge is 0.493 e. The maximum atomic E-state index is 11.0. The van der Waals surface area contributed by atoms with Crippen LogP contribution in [0.2, 0.25) is 0 Å². The maximum Gasteiger partial charge on any atom is 0.203 e. The summed E-state index contributed by atoms with van der Waals surface area (Å²) in [6, 6.07) is 7.07.